The van der Waals surface area contributed by atoms with Gasteiger partial charge in [0, 0.05) is 11.5 Å². The highest BCUT2D eigenvalue weighted by Gasteiger charge is 2.28. The van der Waals surface area contributed by atoms with Gasteiger partial charge in [0.25, 0.3) is 5.91 Å². The monoisotopic (exact) mass is 372 g/mol. The largest absolute Gasteiger partial charge is 0.376 e. The molecular weight excluding hydrogens is 352 g/mol. The number of ether oxygens (including phenoxy) is 1. The molecule has 1 aliphatic rings. The van der Waals surface area contributed by atoms with Crippen molar-refractivity contribution in [2.24, 2.45) is 0 Å². The highest BCUT2D eigenvalue weighted by atomic mass is 32.1. The second-order valence-electron chi connectivity index (χ2n) is 6.36. The molecule has 4 nitrogen and oxygen atoms in total. The van der Waals surface area contributed by atoms with Gasteiger partial charge in [-0.1, -0.05) is 23.5 Å². The molecule has 1 unspecified atom stereocenters. The summed E-state index contributed by atoms with van der Waals surface area (Å²) < 4.78 is 6.88. The number of hydrogen-bond donors (Lipinski definition) is 0. The first-order chi connectivity index (χ1) is 12.1. The van der Waals surface area contributed by atoms with Gasteiger partial charge in [-0.05, 0) is 50.5 Å². The number of fused-ring (bicyclic) bond motifs is 1. The van der Waals surface area contributed by atoms with E-state index in [9.17, 15) is 4.79 Å². The number of aryl methyl sites for hydroxylation is 2. The van der Waals surface area contributed by atoms with E-state index < -0.39 is 0 Å². The molecule has 0 bridgehead atoms. The Hall–Kier alpha value is -1.76. The fourth-order valence-electron chi connectivity index (χ4n) is 3.03. The van der Waals surface area contributed by atoms with E-state index in [0.29, 0.717) is 6.54 Å². The van der Waals surface area contributed by atoms with E-state index in [1.54, 1.807) is 22.7 Å². The predicted molar refractivity (Wildman–Crippen MR) is 104 cm³/mol. The Balaban J connectivity index is 1.70. The summed E-state index contributed by atoms with van der Waals surface area (Å²) in [5.41, 5.74) is 2.10. The highest BCUT2D eigenvalue weighted by Crippen LogP contribution is 2.32. The SMILES string of the molecule is Cc1cc(C(=O)N(CC2CCCO2)c2nc3ccccc3s2)sc1C. The number of thiophene rings is 1. The van der Waals surface area contributed by atoms with Gasteiger partial charge in [-0.25, -0.2) is 4.98 Å². The van der Waals surface area contributed by atoms with Gasteiger partial charge in [0.1, 0.15) is 0 Å². The number of anilines is 1. The lowest BCUT2D eigenvalue weighted by molar-refractivity contribution is 0.0920. The first kappa shape index (κ1) is 16.7. The first-order valence-electron chi connectivity index (χ1n) is 8.48. The van der Waals surface area contributed by atoms with Gasteiger partial charge in [0.05, 0.1) is 27.7 Å². The molecule has 0 aliphatic carbocycles. The average Bonchev–Trinajstić information content (AvgIpc) is 3.32. The van der Waals surface area contributed by atoms with Crippen LogP contribution in [0.5, 0.6) is 0 Å². The number of hydrogen-bond acceptors (Lipinski definition) is 5. The molecule has 0 radical (unpaired) electrons. The quantitative estimate of drug-likeness (QED) is 0.661. The van der Waals surface area contributed by atoms with E-state index in [1.165, 1.54) is 4.88 Å². The van der Waals surface area contributed by atoms with E-state index >= 15 is 0 Å². The van der Waals surface area contributed by atoms with Gasteiger partial charge in [-0.2, -0.15) is 0 Å². The standard InChI is InChI=1S/C19H20N2O2S2/c1-12-10-17(24-13(12)2)18(22)21(11-14-6-5-9-23-14)19-20-15-7-3-4-8-16(15)25-19/h3-4,7-8,10,14H,5-6,9,11H2,1-2H3. The van der Waals surface area contributed by atoms with Crippen LogP contribution in [0.1, 0.15) is 33.0 Å². The molecule has 0 N–H and O–H groups in total. The van der Waals surface area contributed by atoms with E-state index in [2.05, 4.69) is 6.92 Å². The molecule has 1 aromatic carbocycles. The molecular formula is C19H20N2O2S2. The van der Waals surface area contributed by atoms with Crippen molar-refractivity contribution in [3.8, 4) is 0 Å². The maximum absolute atomic E-state index is 13.2. The lowest BCUT2D eigenvalue weighted by Crippen LogP contribution is -2.37. The number of aromatic nitrogens is 1. The molecule has 0 saturated carbocycles. The Bertz CT molecular complexity index is 857. The lowest BCUT2D eigenvalue weighted by Gasteiger charge is -2.22. The maximum Gasteiger partial charge on any atom is 0.270 e. The molecule has 25 heavy (non-hydrogen) atoms. The summed E-state index contributed by atoms with van der Waals surface area (Å²) in [5, 5.41) is 0.755. The second-order valence-corrected chi connectivity index (χ2v) is 8.63. The van der Waals surface area contributed by atoms with Crippen LogP contribution >= 0.6 is 22.7 Å². The van der Waals surface area contributed by atoms with Crippen LogP contribution in [-0.2, 0) is 4.74 Å². The van der Waals surface area contributed by atoms with Gasteiger partial charge >= 0.3 is 0 Å². The highest BCUT2D eigenvalue weighted by molar-refractivity contribution is 7.22. The summed E-state index contributed by atoms with van der Waals surface area (Å²) in [5.74, 6) is 0.0238. The Morgan fingerprint density at radius 3 is 2.84 bits per heavy atom. The number of para-hydroxylation sites is 1. The number of thiazole rings is 1. The van der Waals surface area contributed by atoms with Crippen molar-refractivity contribution in [2.75, 3.05) is 18.1 Å². The van der Waals surface area contributed by atoms with Crippen LogP contribution in [0.3, 0.4) is 0 Å². The fourth-order valence-corrected chi connectivity index (χ4v) is 4.98. The summed E-state index contributed by atoms with van der Waals surface area (Å²) in [7, 11) is 0. The smallest absolute Gasteiger partial charge is 0.270 e. The van der Waals surface area contributed by atoms with Crippen LogP contribution in [0.25, 0.3) is 10.2 Å². The normalized spacial score (nSPS) is 17.3. The fraction of sp³-hybridized carbons (Fsp3) is 0.368. The Kier molecular flexibility index (Phi) is 4.58. The zero-order valence-electron chi connectivity index (χ0n) is 14.3. The first-order valence-corrected chi connectivity index (χ1v) is 10.1. The van der Waals surface area contributed by atoms with Crippen LogP contribution in [0.2, 0.25) is 0 Å². The zero-order chi connectivity index (χ0) is 17.4. The molecule has 1 aliphatic heterocycles. The second kappa shape index (κ2) is 6.86. The average molecular weight is 373 g/mol. The molecule has 1 saturated heterocycles. The third-order valence-corrected chi connectivity index (χ3v) is 6.75. The van der Waals surface area contributed by atoms with Crippen molar-refractivity contribution in [1.82, 2.24) is 4.98 Å². The van der Waals surface area contributed by atoms with Crippen LogP contribution < -0.4 is 4.90 Å². The molecule has 2 aromatic heterocycles. The van der Waals surface area contributed by atoms with Gasteiger partial charge in [-0.15, -0.1) is 11.3 Å². The zero-order valence-corrected chi connectivity index (χ0v) is 16.0. The lowest BCUT2D eigenvalue weighted by atomic mass is 10.2. The minimum atomic E-state index is 0.0238. The van der Waals surface area contributed by atoms with Crippen molar-refractivity contribution in [3.63, 3.8) is 0 Å². The van der Waals surface area contributed by atoms with Crippen LogP contribution in [0.15, 0.2) is 30.3 Å². The van der Waals surface area contributed by atoms with Crippen molar-refractivity contribution in [1.29, 1.82) is 0 Å². The Morgan fingerprint density at radius 1 is 1.32 bits per heavy atom. The molecule has 4 rings (SSSR count). The Morgan fingerprint density at radius 2 is 2.16 bits per heavy atom. The van der Waals surface area contributed by atoms with Gasteiger partial charge in [0.15, 0.2) is 5.13 Å². The molecule has 130 valence electrons. The third kappa shape index (κ3) is 3.34. The molecule has 1 amide bonds. The third-order valence-electron chi connectivity index (χ3n) is 4.55. The van der Waals surface area contributed by atoms with Crippen molar-refractivity contribution in [3.05, 3.63) is 45.6 Å². The van der Waals surface area contributed by atoms with Gasteiger partial charge in [-0.3, -0.25) is 9.69 Å². The summed E-state index contributed by atoms with van der Waals surface area (Å²) in [6.45, 7) is 5.45. The minimum absolute atomic E-state index is 0.0238. The number of carbonyl (C=O) groups excluding carboxylic acids is 1. The number of nitrogens with zero attached hydrogens (tertiary/aromatic N) is 2. The number of amides is 1. The van der Waals surface area contributed by atoms with E-state index in [4.69, 9.17) is 9.72 Å². The van der Waals surface area contributed by atoms with Gasteiger partial charge in [0.2, 0.25) is 0 Å². The predicted octanol–water partition coefficient (Wildman–Crippen LogP) is 4.80. The molecule has 0 spiro atoms. The molecule has 3 aromatic rings. The molecule has 1 fully saturated rings. The van der Waals surface area contributed by atoms with E-state index in [0.717, 1.165) is 45.2 Å². The molecule has 3 heterocycles. The minimum Gasteiger partial charge on any atom is -0.376 e. The van der Waals surface area contributed by atoms with Gasteiger partial charge < -0.3 is 4.74 Å². The summed E-state index contributed by atoms with van der Waals surface area (Å²) in [6, 6.07) is 10.00. The van der Waals surface area contributed by atoms with Crippen LogP contribution in [0, 0.1) is 13.8 Å². The summed E-state index contributed by atoms with van der Waals surface area (Å²) >= 11 is 3.12. The topological polar surface area (TPSA) is 42.4 Å². The molecule has 6 heteroatoms. The number of carbonyl (C=O) groups is 1. The van der Waals surface area contributed by atoms with E-state index in [-0.39, 0.29) is 12.0 Å². The van der Waals surface area contributed by atoms with Crippen LogP contribution in [-0.4, -0.2) is 30.1 Å². The summed E-state index contributed by atoms with van der Waals surface area (Å²) in [6.07, 6.45) is 2.15. The maximum atomic E-state index is 13.2. The van der Waals surface area contributed by atoms with Crippen molar-refractivity contribution in [2.45, 2.75) is 32.8 Å². The van der Waals surface area contributed by atoms with Crippen molar-refractivity contribution >= 4 is 43.9 Å². The van der Waals surface area contributed by atoms with Crippen LogP contribution in [0.4, 0.5) is 5.13 Å². The van der Waals surface area contributed by atoms with E-state index in [1.807, 2.05) is 42.2 Å². The number of benzene rings is 1. The molecule has 1 atom stereocenters. The Labute approximate surface area is 155 Å². The number of rotatable bonds is 4. The summed E-state index contributed by atoms with van der Waals surface area (Å²) in [4.78, 5) is 21.7. The van der Waals surface area contributed by atoms with Crippen molar-refractivity contribution < 1.29 is 9.53 Å².